The SMILES string of the molecule is O=Cc1cccc2c1CCc1ccccc1CC2. The van der Waals surface area contributed by atoms with Crippen LogP contribution in [-0.4, -0.2) is 6.29 Å². The molecule has 0 aromatic heterocycles. The van der Waals surface area contributed by atoms with Crippen molar-refractivity contribution in [1.29, 1.82) is 0 Å². The molecule has 2 aromatic carbocycles. The van der Waals surface area contributed by atoms with E-state index in [1.807, 2.05) is 12.1 Å². The van der Waals surface area contributed by atoms with E-state index in [1.54, 1.807) is 0 Å². The Balaban J connectivity index is 2.01. The summed E-state index contributed by atoms with van der Waals surface area (Å²) < 4.78 is 0. The van der Waals surface area contributed by atoms with Crippen LogP contribution in [0.15, 0.2) is 42.5 Å². The first kappa shape index (κ1) is 11.2. The highest BCUT2D eigenvalue weighted by atomic mass is 16.1. The molecule has 0 aliphatic heterocycles. The number of rotatable bonds is 1. The standard InChI is InChI=1S/C17H16O/c18-12-16-7-3-6-15-9-8-13-4-1-2-5-14(13)10-11-17(15)16/h1-7,12H,8-11H2. The third-order valence-corrected chi connectivity index (χ3v) is 3.86. The number of carbonyl (C=O) groups is 1. The van der Waals surface area contributed by atoms with E-state index in [9.17, 15) is 4.79 Å². The number of carbonyl (C=O) groups excluding carboxylic acids is 1. The lowest BCUT2D eigenvalue weighted by molar-refractivity contribution is 0.112. The molecule has 0 N–H and O–H groups in total. The maximum absolute atomic E-state index is 11.1. The number of hydrogen-bond acceptors (Lipinski definition) is 1. The van der Waals surface area contributed by atoms with E-state index in [2.05, 4.69) is 30.3 Å². The predicted octanol–water partition coefficient (Wildman–Crippen LogP) is 3.38. The highest BCUT2D eigenvalue weighted by Crippen LogP contribution is 2.23. The third-order valence-electron chi connectivity index (χ3n) is 3.86. The van der Waals surface area contributed by atoms with Gasteiger partial charge in [0.15, 0.2) is 0 Å². The summed E-state index contributed by atoms with van der Waals surface area (Å²) >= 11 is 0. The lowest BCUT2D eigenvalue weighted by Crippen LogP contribution is -2.08. The van der Waals surface area contributed by atoms with Gasteiger partial charge in [0.1, 0.15) is 6.29 Å². The number of aldehydes is 1. The van der Waals surface area contributed by atoms with Crippen LogP contribution < -0.4 is 0 Å². The van der Waals surface area contributed by atoms with Crippen LogP contribution in [0, 0.1) is 0 Å². The lowest BCUT2D eigenvalue weighted by Gasteiger charge is -2.18. The van der Waals surface area contributed by atoms with Crippen molar-refractivity contribution in [3.8, 4) is 0 Å². The molecular weight excluding hydrogens is 220 g/mol. The predicted molar refractivity (Wildman–Crippen MR) is 73.1 cm³/mol. The Morgan fingerprint density at radius 2 is 1.33 bits per heavy atom. The van der Waals surface area contributed by atoms with Gasteiger partial charge in [-0.3, -0.25) is 4.79 Å². The Labute approximate surface area is 107 Å². The van der Waals surface area contributed by atoms with Gasteiger partial charge in [-0.15, -0.1) is 0 Å². The van der Waals surface area contributed by atoms with Gasteiger partial charge in [-0.25, -0.2) is 0 Å². The van der Waals surface area contributed by atoms with E-state index in [4.69, 9.17) is 0 Å². The minimum absolute atomic E-state index is 0.867. The Kier molecular flexibility index (Phi) is 2.97. The minimum atomic E-state index is 0.867. The van der Waals surface area contributed by atoms with Crippen LogP contribution in [0.4, 0.5) is 0 Å². The molecule has 1 aliphatic rings. The molecule has 0 spiro atoms. The zero-order valence-corrected chi connectivity index (χ0v) is 10.4. The van der Waals surface area contributed by atoms with Gasteiger partial charge in [-0.2, -0.15) is 0 Å². The van der Waals surface area contributed by atoms with Crippen LogP contribution in [0.3, 0.4) is 0 Å². The summed E-state index contributed by atoms with van der Waals surface area (Å²) in [6.45, 7) is 0. The highest BCUT2D eigenvalue weighted by Gasteiger charge is 2.13. The zero-order chi connectivity index (χ0) is 12.4. The van der Waals surface area contributed by atoms with Gasteiger partial charge in [-0.1, -0.05) is 42.5 Å². The summed E-state index contributed by atoms with van der Waals surface area (Å²) in [5, 5.41) is 0. The maximum Gasteiger partial charge on any atom is 0.150 e. The second kappa shape index (κ2) is 4.77. The van der Waals surface area contributed by atoms with Gasteiger partial charge in [0.25, 0.3) is 0 Å². The number of benzene rings is 2. The van der Waals surface area contributed by atoms with E-state index in [-0.39, 0.29) is 0 Å². The molecule has 0 heterocycles. The second-order valence-corrected chi connectivity index (χ2v) is 4.87. The maximum atomic E-state index is 11.1. The van der Waals surface area contributed by atoms with Gasteiger partial charge in [0, 0.05) is 5.56 Å². The molecule has 0 radical (unpaired) electrons. The minimum Gasteiger partial charge on any atom is -0.298 e. The fraction of sp³-hybridized carbons (Fsp3) is 0.235. The fourth-order valence-corrected chi connectivity index (χ4v) is 2.88. The third kappa shape index (κ3) is 1.97. The Hall–Kier alpha value is -1.89. The monoisotopic (exact) mass is 236 g/mol. The summed E-state index contributed by atoms with van der Waals surface area (Å²) in [7, 11) is 0. The quantitative estimate of drug-likeness (QED) is 0.694. The number of aryl methyl sites for hydroxylation is 3. The summed E-state index contributed by atoms with van der Waals surface area (Å²) in [5.74, 6) is 0. The van der Waals surface area contributed by atoms with Crippen molar-refractivity contribution in [2.75, 3.05) is 0 Å². The average molecular weight is 236 g/mol. The summed E-state index contributed by atoms with van der Waals surface area (Å²) in [6, 6.07) is 14.7. The van der Waals surface area contributed by atoms with Gasteiger partial charge in [0.2, 0.25) is 0 Å². The van der Waals surface area contributed by atoms with Gasteiger partial charge in [-0.05, 0) is 47.9 Å². The molecule has 2 aromatic rings. The lowest BCUT2D eigenvalue weighted by atomic mass is 9.87. The van der Waals surface area contributed by atoms with Crippen molar-refractivity contribution in [2.45, 2.75) is 25.7 Å². The fourth-order valence-electron chi connectivity index (χ4n) is 2.88. The first-order chi connectivity index (χ1) is 8.88. The zero-order valence-electron chi connectivity index (χ0n) is 10.4. The molecule has 0 bridgehead atoms. The molecule has 1 nitrogen and oxygen atoms in total. The molecule has 0 amide bonds. The van der Waals surface area contributed by atoms with E-state index < -0.39 is 0 Å². The van der Waals surface area contributed by atoms with E-state index in [1.165, 1.54) is 22.3 Å². The van der Waals surface area contributed by atoms with Crippen LogP contribution in [0.5, 0.6) is 0 Å². The molecule has 0 fully saturated rings. The van der Waals surface area contributed by atoms with Crippen molar-refractivity contribution in [1.82, 2.24) is 0 Å². The summed E-state index contributed by atoms with van der Waals surface area (Å²) in [6.07, 6.45) is 5.11. The largest absolute Gasteiger partial charge is 0.298 e. The van der Waals surface area contributed by atoms with Crippen molar-refractivity contribution in [3.63, 3.8) is 0 Å². The van der Waals surface area contributed by atoms with E-state index in [0.29, 0.717) is 0 Å². The topological polar surface area (TPSA) is 17.1 Å². The Bertz CT molecular complexity index is 584. The van der Waals surface area contributed by atoms with Gasteiger partial charge in [0.05, 0.1) is 0 Å². The average Bonchev–Trinajstić information content (AvgIpc) is 2.41. The molecular formula is C17H16O. The van der Waals surface area contributed by atoms with Crippen LogP contribution in [0.2, 0.25) is 0 Å². The first-order valence-corrected chi connectivity index (χ1v) is 6.51. The number of hydrogen-bond donors (Lipinski definition) is 0. The van der Waals surface area contributed by atoms with Crippen molar-refractivity contribution in [2.24, 2.45) is 0 Å². The van der Waals surface area contributed by atoms with E-state index in [0.717, 1.165) is 37.5 Å². The normalized spacial score (nSPS) is 14.0. The Morgan fingerprint density at radius 1 is 0.722 bits per heavy atom. The van der Waals surface area contributed by atoms with E-state index >= 15 is 0 Å². The molecule has 1 heteroatoms. The molecule has 0 saturated heterocycles. The second-order valence-electron chi connectivity index (χ2n) is 4.87. The molecule has 1 aliphatic carbocycles. The molecule has 90 valence electrons. The van der Waals surface area contributed by atoms with Gasteiger partial charge >= 0.3 is 0 Å². The van der Waals surface area contributed by atoms with Crippen LogP contribution >= 0.6 is 0 Å². The smallest absolute Gasteiger partial charge is 0.150 e. The van der Waals surface area contributed by atoms with Crippen LogP contribution in [-0.2, 0) is 25.7 Å². The molecule has 0 unspecified atom stereocenters. The molecule has 3 rings (SSSR count). The van der Waals surface area contributed by atoms with Crippen molar-refractivity contribution >= 4 is 6.29 Å². The summed E-state index contributed by atoms with van der Waals surface area (Å²) in [4.78, 5) is 11.1. The number of fused-ring (bicyclic) bond motifs is 2. The molecule has 0 saturated carbocycles. The van der Waals surface area contributed by atoms with Crippen molar-refractivity contribution < 1.29 is 4.79 Å². The molecule has 0 atom stereocenters. The first-order valence-electron chi connectivity index (χ1n) is 6.51. The van der Waals surface area contributed by atoms with Crippen molar-refractivity contribution in [3.05, 3.63) is 70.3 Å². The molecule has 18 heavy (non-hydrogen) atoms. The highest BCUT2D eigenvalue weighted by molar-refractivity contribution is 5.78. The van der Waals surface area contributed by atoms with Gasteiger partial charge < -0.3 is 0 Å². The van der Waals surface area contributed by atoms with Crippen LogP contribution in [0.25, 0.3) is 0 Å². The Morgan fingerprint density at radius 3 is 2.06 bits per heavy atom. The van der Waals surface area contributed by atoms with Crippen LogP contribution in [0.1, 0.15) is 32.6 Å². The summed E-state index contributed by atoms with van der Waals surface area (Å²) in [5.41, 5.74) is 6.35.